The van der Waals surface area contributed by atoms with Gasteiger partial charge in [-0.1, -0.05) is 0 Å². The smallest absolute Gasteiger partial charge is 0.173 e. The fourth-order valence-electron chi connectivity index (χ4n) is 0.787. The van der Waals surface area contributed by atoms with Crippen molar-refractivity contribution in [2.75, 3.05) is 13.1 Å². The first-order valence-electron chi connectivity index (χ1n) is 4.99. The van der Waals surface area contributed by atoms with Crippen LogP contribution in [0.4, 0.5) is 0 Å². The molecular formula is C11H18N2O2. The molecule has 0 bridgehead atoms. The van der Waals surface area contributed by atoms with Gasteiger partial charge >= 0.3 is 0 Å². The van der Waals surface area contributed by atoms with Crippen molar-refractivity contribution in [2.45, 2.75) is 34.1 Å². The molecule has 0 radical (unpaired) electrons. The van der Waals surface area contributed by atoms with Gasteiger partial charge in [0.25, 0.3) is 0 Å². The van der Waals surface area contributed by atoms with Gasteiger partial charge in [0, 0.05) is 26.9 Å². The summed E-state index contributed by atoms with van der Waals surface area (Å²) < 4.78 is 0. The van der Waals surface area contributed by atoms with Crippen LogP contribution in [0.1, 0.15) is 34.1 Å². The van der Waals surface area contributed by atoms with E-state index in [2.05, 4.69) is 9.98 Å². The van der Waals surface area contributed by atoms with Gasteiger partial charge in [-0.25, -0.2) is 0 Å². The Morgan fingerprint density at radius 1 is 0.800 bits per heavy atom. The summed E-state index contributed by atoms with van der Waals surface area (Å²) >= 11 is 0. The summed E-state index contributed by atoms with van der Waals surface area (Å²) in [6.07, 6.45) is 0.759. The van der Waals surface area contributed by atoms with Crippen molar-refractivity contribution < 1.29 is 9.59 Å². The number of hydrogen-bond donors (Lipinski definition) is 0. The van der Waals surface area contributed by atoms with E-state index in [0.717, 1.165) is 6.42 Å². The third-order valence-electron chi connectivity index (χ3n) is 2.03. The number of aliphatic imine (C=N–C) groups is 2. The molecule has 0 atom stereocenters. The van der Waals surface area contributed by atoms with Crippen LogP contribution in [0.5, 0.6) is 0 Å². The van der Waals surface area contributed by atoms with E-state index in [9.17, 15) is 9.59 Å². The van der Waals surface area contributed by atoms with E-state index in [1.807, 2.05) is 0 Å². The van der Waals surface area contributed by atoms with Crippen LogP contribution in [-0.4, -0.2) is 36.1 Å². The fourth-order valence-corrected chi connectivity index (χ4v) is 0.787. The van der Waals surface area contributed by atoms with Gasteiger partial charge < -0.3 is 0 Å². The Bertz CT molecular complexity index is 274. The van der Waals surface area contributed by atoms with Gasteiger partial charge in [-0.2, -0.15) is 0 Å². The van der Waals surface area contributed by atoms with Crippen molar-refractivity contribution in [3.63, 3.8) is 0 Å². The van der Waals surface area contributed by atoms with E-state index in [0.29, 0.717) is 24.5 Å². The highest BCUT2D eigenvalue weighted by Crippen LogP contribution is 1.88. The molecule has 0 aromatic heterocycles. The van der Waals surface area contributed by atoms with Crippen molar-refractivity contribution in [3.8, 4) is 0 Å². The molecule has 0 aliphatic rings. The zero-order valence-corrected chi connectivity index (χ0v) is 9.83. The zero-order chi connectivity index (χ0) is 11.8. The number of rotatable bonds is 6. The second kappa shape index (κ2) is 7.04. The summed E-state index contributed by atoms with van der Waals surface area (Å²) in [6, 6.07) is 0. The molecule has 15 heavy (non-hydrogen) atoms. The van der Waals surface area contributed by atoms with Gasteiger partial charge in [0.1, 0.15) is 0 Å². The first-order chi connectivity index (χ1) is 6.95. The van der Waals surface area contributed by atoms with Crippen molar-refractivity contribution in [1.82, 2.24) is 0 Å². The third-order valence-corrected chi connectivity index (χ3v) is 2.03. The van der Waals surface area contributed by atoms with E-state index >= 15 is 0 Å². The maximum Gasteiger partial charge on any atom is 0.173 e. The molecule has 4 heteroatoms. The lowest BCUT2D eigenvalue weighted by molar-refractivity contribution is -0.111. The lowest BCUT2D eigenvalue weighted by Gasteiger charge is -1.96. The second-order valence-electron chi connectivity index (χ2n) is 3.40. The first-order valence-corrected chi connectivity index (χ1v) is 4.99. The summed E-state index contributed by atoms with van der Waals surface area (Å²) in [6.45, 7) is 7.56. The summed E-state index contributed by atoms with van der Waals surface area (Å²) in [7, 11) is 0. The molecule has 0 spiro atoms. The molecule has 0 aromatic rings. The van der Waals surface area contributed by atoms with Crippen LogP contribution in [0.15, 0.2) is 9.98 Å². The number of carbonyl (C=O) groups is 2. The maximum absolute atomic E-state index is 10.8. The molecule has 0 N–H and O–H groups in total. The van der Waals surface area contributed by atoms with Gasteiger partial charge in [-0.15, -0.1) is 0 Å². The molecule has 0 aromatic carbocycles. The van der Waals surface area contributed by atoms with Crippen molar-refractivity contribution >= 4 is 23.0 Å². The summed E-state index contributed by atoms with van der Waals surface area (Å²) in [5.74, 6) is -0.00293. The summed E-state index contributed by atoms with van der Waals surface area (Å²) in [5.41, 5.74) is 1.09. The van der Waals surface area contributed by atoms with Crippen LogP contribution in [0, 0.1) is 0 Å². The highest BCUT2D eigenvalue weighted by Gasteiger charge is 1.97. The second-order valence-corrected chi connectivity index (χ2v) is 3.40. The highest BCUT2D eigenvalue weighted by molar-refractivity contribution is 6.38. The van der Waals surface area contributed by atoms with Gasteiger partial charge in [0.05, 0.1) is 11.4 Å². The minimum absolute atomic E-state index is 0.00146. The topological polar surface area (TPSA) is 58.9 Å². The average Bonchev–Trinajstić information content (AvgIpc) is 2.16. The Morgan fingerprint density at radius 3 is 1.40 bits per heavy atom. The Labute approximate surface area is 90.5 Å². The lowest BCUT2D eigenvalue weighted by Crippen LogP contribution is -2.07. The van der Waals surface area contributed by atoms with Crippen LogP contribution in [-0.2, 0) is 9.59 Å². The van der Waals surface area contributed by atoms with Crippen molar-refractivity contribution in [1.29, 1.82) is 0 Å². The van der Waals surface area contributed by atoms with Crippen molar-refractivity contribution in [3.05, 3.63) is 0 Å². The minimum atomic E-state index is -0.00146. The Hall–Kier alpha value is -1.32. The van der Waals surface area contributed by atoms with E-state index in [4.69, 9.17) is 0 Å². The highest BCUT2D eigenvalue weighted by atomic mass is 16.1. The molecule has 0 amide bonds. The molecule has 84 valence electrons. The standard InChI is InChI=1S/C11H18N2O2/c1-8(10(3)14)12-6-5-7-13-9(2)11(4)15/h5-7H2,1-4H3. The molecule has 0 saturated carbocycles. The zero-order valence-electron chi connectivity index (χ0n) is 9.83. The number of hydrogen-bond acceptors (Lipinski definition) is 4. The Balaban J connectivity index is 3.83. The molecule has 0 aliphatic heterocycles. The molecule has 0 rings (SSSR count). The number of ketones is 2. The number of nitrogens with zero attached hydrogens (tertiary/aromatic N) is 2. The largest absolute Gasteiger partial charge is 0.293 e. The van der Waals surface area contributed by atoms with Crippen LogP contribution < -0.4 is 0 Å². The normalized spacial score (nSPS) is 12.8. The Morgan fingerprint density at radius 2 is 1.13 bits per heavy atom. The van der Waals surface area contributed by atoms with Gasteiger partial charge in [-0.05, 0) is 20.3 Å². The molecule has 0 heterocycles. The first kappa shape index (κ1) is 13.7. The van der Waals surface area contributed by atoms with Gasteiger partial charge in [-0.3, -0.25) is 19.6 Å². The fraction of sp³-hybridized carbons (Fsp3) is 0.636. The van der Waals surface area contributed by atoms with Gasteiger partial charge in [0.15, 0.2) is 11.6 Å². The third kappa shape index (κ3) is 6.71. The van der Waals surface area contributed by atoms with Crippen LogP contribution in [0.2, 0.25) is 0 Å². The number of Topliss-reactive ketones (excluding diaryl/α,β-unsaturated/α-hetero) is 2. The Kier molecular flexibility index (Phi) is 6.42. The molecule has 0 fully saturated rings. The molecule has 0 unspecified atom stereocenters. The quantitative estimate of drug-likeness (QED) is 0.492. The average molecular weight is 210 g/mol. The maximum atomic E-state index is 10.8. The monoisotopic (exact) mass is 210 g/mol. The minimum Gasteiger partial charge on any atom is -0.293 e. The predicted octanol–water partition coefficient (Wildman–Crippen LogP) is 1.48. The number of carbonyl (C=O) groups excluding carboxylic acids is 2. The van der Waals surface area contributed by atoms with E-state index in [1.165, 1.54) is 13.8 Å². The summed E-state index contributed by atoms with van der Waals surface area (Å²) in [4.78, 5) is 29.8. The summed E-state index contributed by atoms with van der Waals surface area (Å²) in [5, 5.41) is 0. The molecule has 0 saturated heterocycles. The molecule has 4 nitrogen and oxygen atoms in total. The van der Waals surface area contributed by atoms with E-state index in [-0.39, 0.29) is 11.6 Å². The molecular weight excluding hydrogens is 192 g/mol. The van der Waals surface area contributed by atoms with E-state index < -0.39 is 0 Å². The van der Waals surface area contributed by atoms with E-state index in [1.54, 1.807) is 13.8 Å². The van der Waals surface area contributed by atoms with Crippen LogP contribution >= 0.6 is 0 Å². The van der Waals surface area contributed by atoms with Crippen LogP contribution in [0.25, 0.3) is 0 Å². The molecule has 0 aliphatic carbocycles. The predicted molar refractivity (Wildman–Crippen MR) is 61.9 cm³/mol. The SMILES string of the molecule is CC(=O)C(C)=NCCCN=C(C)C(C)=O. The van der Waals surface area contributed by atoms with Crippen molar-refractivity contribution in [2.24, 2.45) is 9.98 Å². The van der Waals surface area contributed by atoms with Gasteiger partial charge in [0.2, 0.25) is 0 Å². The van der Waals surface area contributed by atoms with Crippen LogP contribution in [0.3, 0.4) is 0 Å². The lowest BCUT2D eigenvalue weighted by atomic mass is 10.3.